The molecular weight excluding hydrogens is 216 g/mol. The van der Waals surface area contributed by atoms with Crippen molar-refractivity contribution in [1.82, 2.24) is 0 Å². The van der Waals surface area contributed by atoms with Gasteiger partial charge in [0.15, 0.2) is 0 Å². The van der Waals surface area contributed by atoms with E-state index >= 15 is 0 Å². The predicted molar refractivity (Wildman–Crippen MR) is 58.2 cm³/mol. The third kappa shape index (κ3) is 3.22. The molecule has 4 heteroatoms. The van der Waals surface area contributed by atoms with E-state index in [2.05, 4.69) is 0 Å². The summed E-state index contributed by atoms with van der Waals surface area (Å²) in [5.41, 5.74) is 1.15. The first-order chi connectivity index (χ1) is 7.19. The molecule has 0 aliphatic rings. The average molecular weight is 229 g/mol. The van der Waals surface area contributed by atoms with Gasteiger partial charge in [0.1, 0.15) is 12.0 Å². The molecule has 1 N–H and O–H groups in total. The number of aromatic hydroxyl groups is 1. The molecule has 0 bridgehead atoms. The topological polar surface area (TPSA) is 46.5 Å². The first-order valence-electron chi connectivity index (χ1n) is 4.70. The van der Waals surface area contributed by atoms with Crippen molar-refractivity contribution in [2.75, 3.05) is 6.61 Å². The molecule has 0 unspecified atom stereocenters. The van der Waals surface area contributed by atoms with Gasteiger partial charge in [-0.2, -0.15) is 0 Å². The van der Waals surface area contributed by atoms with E-state index in [1.165, 1.54) is 0 Å². The molecule has 0 saturated heterocycles. The van der Waals surface area contributed by atoms with Crippen molar-refractivity contribution in [3.8, 4) is 5.75 Å². The molecule has 1 rings (SSSR count). The normalized spacial score (nSPS) is 10.3. The van der Waals surface area contributed by atoms with Gasteiger partial charge in [-0.25, -0.2) is 0 Å². The fourth-order valence-electron chi connectivity index (χ4n) is 1.28. The fraction of sp³-hybridized carbons (Fsp3) is 0.364. The number of phenols is 1. The summed E-state index contributed by atoms with van der Waals surface area (Å²) in [6.07, 6.45) is 0.890. The first-order valence-corrected chi connectivity index (χ1v) is 5.08. The molecule has 0 aliphatic heterocycles. The van der Waals surface area contributed by atoms with Gasteiger partial charge in [0.25, 0.3) is 0 Å². The molecule has 0 heterocycles. The fourth-order valence-corrected chi connectivity index (χ4v) is 1.55. The second kappa shape index (κ2) is 5.73. The Labute approximate surface area is 93.6 Å². The van der Waals surface area contributed by atoms with Crippen molar-refractivity contribution in [2.45, 2.75) is 20.0 Å². The van der Waals surface area contributed by atoms with Crippen molar-refractivity contribution in [2.24, 2.45) is 0 Å². The van der Waals surface area contributed by atoms with Gasteiger partial charge in [0, 0.05) is 29.2 Å². The highest BCUT2D eigenvalue weighted by molar-refractivity contribution is 6.30. The van der Waals surface area contributed by atoms with Gasteiger partial charge in [-0.15, -0.1) is 0 Å². The molecule has 15 heavy (non-hydrogen) atoms. The van der Waals surface area contributed by atoms with Crippen LogP contribution in [0.3, 0.4) is 0 Å². The maximum atomic E-state index is 10.4. The lowest BCUT2D eigenvalue weighted by Gasteiger charge is -2.09. The summed E-state index contributed by atoms with van der Waals surface area (Å²) in [6, 6.07) is 3.22. The van der Waals surface area contributed by atoms with Gasteiger partial charge >= 0.3 is 0 Å². The predicted octanol–water partition coefficient (Wildman–Crippen LogP) is 2.32. The molecule has 0 amide bonds. The Bertz CT molecular complexity index is 350. The summed E-state index contributed by atoms with van der Waals surface area (Å²) in [5, 5.41) is 10.3. The molecule has 3 nitrogen and oxygen atoms in total. The maximum absolute atomic E-state index is 10.4. The minimum atomic E-state index is 0.0972. The highest BCUT2D eigenvalue weighted by Gasteiger charge is 2.08. The van der Waals surface area contributed by atoms with E-state index in [-0.39, 0.29) is 12.2 Å². The van der Waals surface area contributed by atoms with Gasteiger partial charge in [-0.1, -0.05) is 11.6 Å². The largest absolute Gasteiger partial charge is 0.507 e. The number of halogens is 1. The van der Waals surface area contributed by atoms with E-state index < -0.39 is 0 Å². The number of benzene rings is 1. The zero-order valence-corrected chi connectivity index (χ0v) is 9.25. The molecule has 0 fully saturated rings. The molecule has 0 aliphatic carbocycles. The van der Waals surface area contributed by atoms with Crippen molar-refractivity contribution < 1.29 is 14.6 Å². The number of hydrogen-bond acceptors (Lipinski definition) is 3. The molecule has 1 aromatic carbocycles. The highest BCUT2D eigenvalue weighted by Crippen LogP contribution is 2.27. The Balaban J connectivity index is 2.98. The third-order valence-electron chi connectivity index (χ3n) is 2.00. The summed E-state index contributed by atoms with van der Waals surface area (Å²) in [4.78, 5) is 10.4. The van der Waals surface area contributed by atoms with Crippen LogP contribution in [0.4, 0.5) is 0 Å². The van der Waals surface area contributed by atoms with Crippen LogP contribution in [0.25, 0.3) is 0 Å². The third-order valence-corrected chi connectivity index (χ3v) is 2.22. The smallest absolute Gasteiger partial charge is 0.124 e. The number of rotatable bonds is 5. The van der Waals surface area contributed by atoms with Crippen LogP contribution in [0.5, 0.6) is 5.75 Å². The van der Waals surface area contributed by atoms with E-state index in [0.29, 0.717) is 29.4 Å². The Hall–Kier alpha value is -1.06. The number of carbonyl (C=O) groups is 1. The minimum absolute atomic E-state index is 0.0972. The van der Waals surface area contributed by atoms with E-state index in [0.717, 1.165) is 6.29 Å². The average Bonchev–Trinajstić information content (AvgIpc) is 2.21. The molecule has 0 spiro atoms. The SMILES string of the molecule is CCOCc1cc(Cl)cc(CC=O)c1O. The van der Waals surface area contributed by atoms with Gasteiger partial charge in [-0.3, -0.25) is 0 Å². The number of phenolic OH excluding ortho intramolecular Hbond substituents is 1. The standard InChI is InChI=1S/C11H13ClO3/c1-2-15-7-9-6-10(12)5-8(3-4-13)11(9)14/h4-6,14H,2-3,7H2,1H3. The van der Waals surface area contributed by atoms with E-state index in [1.807, 2.05) is 6.92 Å². The van der Waals surface area contributed by atoms with Crippen LogP contribution in [-0.2, 0) is 22.6 Å². The van der Waals surface area contributed by atoms with Crippen LogP contribution in [0, 0.1) is 0 Å². The Morgan fingerprint density at radius 2 is 2.13 bits per heavy atom. The Kier molecular flexibility index (Phi) is 4.59. The van der Waals surface area contributed by atoms with Crippen LogP contribution in [0.1, 0.15) is 18.1 Å². The molecule has 82 valence electrons. The van der Waals surface area contributed by atoms with Crippen LogP contribution < -0.4 is 0 Å². The lowest BCUT2D eigenvalue weighted by Crippen LogP contribution is -1.96. The number of carbonyl (C=O) groups excluding carboxylic acids is 1. The van der Waals surface area contributed by atoms with Crippen LogP contribution in [0.15, 0.2) is 12.1 Å². The van der Waals surface area contributed by atoms with Crippen molar-refractivity contribution in [3.63, 3.8) is 0 Å². The molecule has 0 aromatic heterocycles. The van der Waals surface area contributed by atoms with Crippen molar-refractivity contribution in [1.29, 1.82) is 0 Å². The summed E-state index contributed by atoms with van der Waals surface area (Å²) >= 11 is 5.85. The van der Waals surface area contributed by atoms with Gasteiger partial charge in [-0.05, 0) is 19.1 Å². The molecule has 1 aromatic rings. The molecule has 0 radical (unpaired) electrons. The van der Waals surface area contributed by atoms with Gasteiger partial charge in [0.2, 0.25) is 0 Å². The first kappa shape index (κ1) is 12.0. The van der Waals surface area contributed by atoms with Crippen LogP contribution >= 0.6 is 11.6 Å². The van der Waals surface area contributed by atoms with Crippen molar-refractivity contribution >= 4 is 17.9 Å². The number of ether oxygens (including phenoxy) is 1. The van der Waals surface area contributed by atoms with E-state index in [9.17, 15) is 9.90 Å². The zero-order valence-electron chi connectivity index (χ0n) is 8.50. The van der Waals surface area contributed by atoms with Crippen LogP contribution in [0.2, 0.25) is 5.02 Å². The molecule has 0 saturated carbocycles. The monoisotopic (exact) mass is 228 g/mol. The Morgan fingerprint density at radius 1 is 1.47 bits per heavy atom. The van der Waals surface area contributed by atoms with Gasteiger partial charge in [0.05, 0.1) is 6.61 Å². The lowest BCUT2D eigenvalue weighted by atomic mass is 10.1. The number of aldehydes is 1. The number of hydrogen-bond donors (Lipinski definition) is 1. The zero-order chi connectivity index (χ0) is 11.3. The quantitative estimate of drug-likeness (QED) is 0.787. The minimum Gasteiger partial charge on any atom is -0.507 e. The second-order valence-electron chi connectivity index (χ2n) is 3.08. The van der Waals surface area contributed by atoms with Crippen molar-refractivity contribution in [3.05, 3.63) is 28.3 Å². The summed E-state index contributed by atoms with van der Waals surface area (Å²) < 4.78 is 5.18. The summed E-state index contributed by atoms with van der Waals surface area (Å²) in [7, 11) is 0. The summed E-state index contributed by atoms with van der Waals surface area (Å²) in [6.45, 7) is 2.73. The Morgan fingerprint density at radius 3 is 2.73 bits per heavy atom. The molecule has 0 atom stereocenters. The maximum Gasteiger partial charge on any atom is 0.124 e. The second-order valence-corrected chi connectivity index (χ2v) is 3.52. The van der Waals surface area contributed by atoms with Gasteiger partial charge < -0.3 is 14.6 Å². The van der Waals surface area contributed by atoms with E-state index in [1.54, 1.807) is 12.1 Å². The van der Waals surface area contributed by atoms with Crippen LogP contribution in [-0.4, -0.2) is 18.0 Å². The highest BCUT2D eigenvalue weighted by atomic mass is 35.5. The van der Waals surface area contributed by atoms with E-state index in [4.69, 9.17) is 16.3 Å². The summed E-state index contributed by atoms with van der Waals surface area (Å²) in [5.74, 6) is 0.0972. The lowest BCUT2D eigenvalue weighted by molar-refractivity contribution is -0.107. The molecular formula is C11H13ClO3.